The molecule has 0 aliphatic carbocycles. The number of nitrogens with one attached hydrogen (secondary N) is 1. The summed E-state index contributed by atoms with van der Waals surface area (Å²) < 4.78 is 1.58. The van der Waals surface area contributed by atoms with Crippen LogP contribution in [0.15, 0.2) is 24.3 Å². The van der Waals surface area contributed by atoms with Crippen LogP contribution in [0.2, 0.25) is 0 Å². The van der Waals surface area contributed by atoms with Crippen LogP contribution in [-0.4, -0.2) is 32.8 Å². The molecule has 4 nitrogen and oxygen atoms in total. The second-order valence-electron chi connectivity index (χ2n) is 4.26. The number of anilines is 1. The highest BCUT2D eigenvalue weighted by Gasteiger charge is 2.36. The Hall–Kier alpha value is -0.670. The van der Waals surface area contributed by atoms with Crippen molar-refractivity contribution in [3.8, 4) is 0 Å². The third-order valence-electron chi connectivity index (χ3n) is 2.81. The standard InChI is InChI=1S/C13H13IN2O2S2/c1-2-10-12(18)16(13(19)20-10)7-11(17)15-9-5-3-8(14)4-6-9/h3-6,10H,2,7H2,1H3,(H,15,17). The number of thioether (sulfide) groups is 1. The highest BCUT2D eigenvalue weighted by Crippen LogP contribution is 2.29. The maximum absolute atomic E-state index is 12.0. The average Bonchev–Trinajstić information content (AvgIpc) is 2.69. The molecule has 1 aromatic carbocycles. The summed E-state index contributed by atoms with van der Waals surface area (Å²) in [4.78, 5) is 25.4. The van der Waals surface area contributed by atoms with Gasteiger partial charge in [-0.2, -0.15) is 0 Å². The molecular formula is C13H13IN2O2S2. The summed E-state index contributed by atoms with van der Waals surface area (Å²) in [5, 5.41) is 2.62. The summed E-state index contributed by atoms with van der Waals surface area (Å²) >= 11 is 8.70. The van der Waals surface area contributed by atoms with E-state index in [0.717, 1.165) is 9.99 Å². The average molecular weight is 420 g/mol. The number of carbonyl (C=O) groups is 2. The molecule has 2 amide bonds. The Balaban J connectivity index is 1.96. The summed E-state index contributed by atoms with van der Waals surface area (Å²) in [7, 11) is 0. The van der Waals surface area contributed by atoms with Gasteiger partial charge in [0.15, 0.2) is 0 Å². The largest absolute Gasteiger partial charge is 0.325 e. The van der Waals surface area contributed by atoms with Crippen molar-refractivity contribution >= 4 is 68.4 Å². The third-order valence-corrected chi connectivity index (χ3v) is 5.28. The first-order valence-electron chi connectivity index (χ1n) is 6.08. The summed E-state index contributed by atoms with van der Waals surface area (Å²) in [6.07, 6.45) is 0.721. The maximum Gasteiger partial charge on any atom is 0.244 e. The van der Waals surface area contributed by atoms with E-state index in [2.05, 4.69) is 27.9 Å². The van der Waals surface area contributed by atoms with Crippen molar-refractivity contribution in [2.45, 2.75) is 18.6 Å². The predicted molar refractivity (Wildman–Crippen MR) is 93.8 cm³/mol. The molecule has 20 heavy (non-hydrogen) atoms. The Bertz CT molecular complexity index is 548. The lowest BCUT2D eigenvalue weighted by atomic mass is 10.3. The summed E-state index contributed by atoms with van der Waals surface area (Å²) in [5.41, 5.74) is 0.715. The molecule has 0 spiro atoms. The van der Waals surface area contributed by atoms with E-state index in [9.17, 15) is 9.59 Å². The molecule has 1 unspecified atom stereocenters. The van der Waals surface area contributed by atoms with Gasteiger partial charge in [0.2, 0.25) is 11.8 Å². The fourth-order valence-corrected chi connectivity index (χ4v) is 3.56. The normalized spacial score (nSPS) is 18.5. The number of halogens is 1. The smallest absolute Gasteiger partial charge is 0.244 e. The van der Waals surface area contributed by atoms with Crippen LogP contribution in [0.25, 0.3) is 0 Å². The molecule has 1 atom stereocenters. The third kappa shape index (κ3) is 3.70. The lowest BCUT2D eigenvalue weighted by Gasteiger charge is -2.15. The minimum Gasteiger partial charge on any atom is -0.325 e. The van der Waals surface area contributed by atoms with Crippen LogP contribution in [0.5, 0.6) is 0 Å². The lowest BCUT2D eigenvalue weighted by Crippen LogP contribution is -2.38. The van der Waals surface area contributed by atoms with Crippen LogP contribution in [0.3, 0.4) is 0 Å². The molecule has 1 aliphatic rings. The zero-order valence-electron chi connectivity index (χ0n) is 10.8. The predicted octanol–water partition coefficient (Wildman–Crippen LogP) is 2.87. The van der Waals surface area contributed by atoms with Crippen molar-refractivity contribution in [2.24, 2.45) is 0 Å². The Kier molecular flexibility index (Phi) is 5.39. The molecule has 1 aliphatic heterocycles. The van der Waals surface area contributed by atoms with Gasteiger partial charge in [-0.25, -0.2) is 0 Å². The molecule has 1 fully saturated rings. The SMILES string of the molecule is CCC1SC(=S)N(CC(=O)Nc2ccc(I)cc2)C1=O. The highest BCUT2D eigenvalue weighted by atomic mass is 127. The van der Waals surface area contributed by atoms with Crippen molar-refractivity contribution in [1.82, 2.24) is 4.90 Å². The highest BCUT2D eigenvalue weighted by molar-refractivity contribution is 14.1. The first-order chi connectivity index (χ1) is 9.51. The van der Waals surface area contributed by atoms with Gasteiger partial charge in [0.1, 0.15) is 10.9 Å². The van der Waals surface area contributed by atoms with Crippen LogP contribution < -0.4 is 5.32 Å². The Morgan fingerprint density at radius 2 is 2.10 bits per heavy atom. The number of nitrogens with zero attached hydrogens (tertiary/aromatic N) is 1. The number of benzene rings is 1. The number of amides is 2. The number of carbonyl (C=O) groups excluding carboxylic acids is 2. The van der Waals surface area contributed by atoms with Crippen LogP contribution in [0, 0.1) is 3.57 Å². The summed E-state index contributed by atoms with van der Waals surface area (Å²) in [6, 6.07) is 7.47. The number of hydrogen-bond donors (Lipinski definition) is 1. The molecule has 1 heterocycles. The molecule has 1 saturated heterocycles. The minimum atomic E-state index is -0.237. The van der Waals surface area contributed by atoms with E-state index in [1.165, 1.54) is 16.7 Å². The number of rotatable bonds is 4. The number of thiocarbonyl (C=S) groups is 1. The maximum atomic E-state index is 12.0. The first kappa shape index (κ1) is 15.7. The van der Waals surface area contributed by atoms with E-state index >= 15 is 0 Å². The van der Waals surface area contributed by atoms with E-state index in [4.69, 9.17) is 12.2 Å². The second-order valence-corrected chi connectivity index (χ2v) is 7.34. The van der Waals surface area contributed by atoms with Crippen LogP contribution in [0.1, 0.15) is 13.3 Å². The van der Waals surface area contributed by atoms with Crippen molar-refractivity contribution in [1.29, 1.82) is 0 Å². The molecule has 0 aromatic heterocycles. The molecule has 106 valence electrons. The molecule has 0 bridgehead atoms. The van der Waals surface area contributed by atoms with E-state index in [1.54, 1.807) is 0 Å². The molecule has 1 aromatic rings. The molecule has 1 N–H and O–H groups in total. The van der Waals surface area contributed by atoms with Gasteiger partial charge in [0.25, 0.3) is 0 Å². The second kappa shape index (κ2) is 6.86. The topological polar surface area (TPSA) is 49.4 Å². The fraction of sp³-hybridized carbons (Fsp3) is 0.308. The van der Waals surface area contributed by atoms with E-state index in [0.29, 0.717) is 10.0 Å². The number of hydrogen-bond acceptors (Lipinski definition) is 4. The molecule has 2 rings (SSSR count). The molecule has 0 radical (unpaired) electrons. The monoisotopic (exact) mass is 420 g/mol. The molecular weight excluding hydrogens is 407 g/mol. The Morgan fingerprint density at radius 1 is 1.45 bits per heavy atom. The van der Waals surface area contributed by atoms with E-state index in [1.807, 2.05) is 31.2 Å². The Morgan fingerprint density at radius 3 is 2.65 bits per heavy atom. The van der Waals surface area contributed by atoms with Crippen molar-refractivity contribution in [3.63, 3.8) is 0 Å². The fourth-order valence-electron chi connectivity index (χ4n) is 1.78. The quantitative estimate of drug-likeness (QED) is 0.602. The van der Waals surface area contributed by atoms with Crippen molar-refractivity contribution in [3.05, 3.63) is 27.8 Å². The van der Waals surface area contributed by atoms with Crippen LogP contribution >= 0.6 is 46.6 Å². The van der Waals surface area contributed by atoms with Gasteiger partial charge >= 0.3 is 0 Å². The van der Waals surface area contributed by atoms with Gasteiger partial charge < -0.3 is 5.32 Å². The van der Waals surface area contributed by atoms with Crippen LogP contribution in [0.4, 0.5) is 5.69 Å². The van der Waals surface area contributed by atoms with E-state index in [-0.39, 0.29) is 23.6 Å². The zero-order chi connectivity index (χ0) is 14.7. The van der Waals surface area contributed by atoms with Gasteiger partial charge in [0, 0.05) is 9.26 Å². The van der Waals surface area contributed by atoms with Crippen LogP contribution in [-0.2, 0) is 9.59 Å². The summed E-state index contributed by atoms with van der Waals surface area (Å²) in [6.45, 7) is 1.92. The van der Waals surface area contributed by atoms with Crippen molar-refractivity contribution in [2.75, 3.05) is 11.9 Å². The zero-order valence-corrected chi connectivity index (χ0v) is 14.5. The van der Waals surface area contributed by atoms with E-state index < -0.39 is 0 Å². The van der Waals surface area contributed by atoms with Gasteiger partial charge in [-0.1, -0.05) is 30.9 Å². The lowest BCUT2D eigenvalue weighted by molar-refractivity contribution is -0.129. The molecule has 0 saturated carbocycles. The van der Waals surface area contributed by atoms with Gasteiger partial charge in [-0.05, 0) is 53.3 Å². The minimum absolute atomic E-state index is 0.0207. The van der Waals surface area contributed by atoms with Gasteiger partial charge in [0.05, 0.1) is 5.25 Å². The summed E-state index contributed by atoms with van der Waals surface area (Å²) in [5.74, 6) is -0.306. The Labute approximate surface area is 140 Å². The molecule has 7 heteroatoms. The van der Waals surface area contributed by atoms with Crippen molar-refractivity contribution < 1.29 is 9.59 Å². The first-order valence-corrected chi connectivity index (χ1v) is 8.45. The van der Waals surface area contributed by atoms with Gasteiger partial charge in [-0.3, -0.25) is 14.5 Å². The van der Waals surface area contributed by atoms with Gasteiger partial charge in [-0.15, -0.1) is 0 Å².